The number of amides is 1. The van der Waals surface area contributed by atoms with Gasteiger partial charge in [0.15, 0.2) is 0 Å². The molecule has 0 aliphatic carbocycles. The maximum absolute atomic E-state index is 11.6. The summed E-state index contributed by atoms with van der Waals surface area (Å²) < 4.78 is 0. The summed E-state index contributed by atoms with van der Waals surface area (Å²) in [4.78, 5) is 18.1. The highest BCUT2D eigenvalue weighted by atomic mass is 16.2. The molecule has 0 spiro atoms. The lowest BCUT2D eigenvalue weighted by Gasteiger charge is -2.21. The molecule has 5 nitrogen and oxygen atoms in total. The van der Waals surface area contributed by atoms with Crippen molar-refractivity contribution in [3.8, 4) is 0 Å². The van der Waals surface area contributed by atoms with Gasteiger partial charge in [-0.3, -0.25) is 14.7 Å². The van der Waals surface area contributed by atoms with Crippen LogP contribution < -0.4 is 11.1 Å². The van der Waals surface area contributed by atoms with Crippen LogP contribution in [0.5, 0.6) is 0 Å². The Hall–Kier alpha value is -1.62. The van der Waals surface area contributed by atoms with E-state index in [1.807, 2.05) is 27.7 Å². The van der Waals surface area contributed by atoms with Gasteiger partial charge in [-0.15, -0.1) is 0 Å². The Kier molecular flexibility index (Phi) is 5.76. The average Bonchev–Trinajstić information content (AvgIpc) is 2.38. The smallest absolute Gasteiger partial charge is 0.234 e. The fourth-order valence-corrected chi connectivity index (χ4v) is 1.90. The SMILES string of the molecule is CCNC(=O)CN(CC)Cc1ncc(C)c(N)c1C. The quantitative estimate of drug-likeness (QED) is 0.811. The fourth-order valence-electron chi connectivity index (χ4n) is 1.90. The molecule has 1 rings (SSSR count). The molecular weight excluding hydrogens is 240 g/mol. The number of carbonyl (C=O) groups excluding carboxylic acids is 1. The van der Waals surface area contributed by atoms with Crippen molar-refractivity contribution in [2.45, 2.75) is 34.2 Å². The second-order valence-electron chi connectivity index (χ2n) is 4.68. The van der Waals surface area contributed by atoms with Crippen molar-refractivity contribution in [2.24, 2.45) is 0 Å². The monoisotopic (exact) mass is 264 g/mol. The molecule has 1 heterocycles. The second-order valence-corrected chi connectivity index (χ2v) is 4.68. The molecule has 0 saturated carbocycles. The standard InChI is InChI=1S/C14H24N4O/c1-5-16-13(19)9-18(6-2)8-12-11(4)14(15)10(3)7-17-12/h7H,5-6,8-9H2,1-4H3,(H2,15,17)(H,16,19). The number of hydrogen-bond donors (Lipinski definition) is 2. The van der Waals surface area contributed by atoms with E-state index in [0.717, 1.165) is 29.1 Å². The number of pyridine rings is 1. The van der Waals surface area contributed by atoms with Crippen molar-refractivity contribution in [2.75, 3.05) is 25.4 Å². The molecule has 0 aliphatic rings. The summed E-state index contributed by atoms with van der Waals surface area (Å²) in [5.74, 6) is 0.0436. The first-order chi connectivity index (χ1) is 8.99. The third-order valence-electron chi connectivity index (χ3n) is 3.24. The van der Waals surface area contributed by atoms with Crippen LogP contribution in [0.25, 0.3) is 0 Å². The highest BCUT2D eigenvalue weighted by molar-refractivity contribution is 5.77. The number of nitrogen functional groups attached to an aromatic ring is 1. The molecule has 0 aromatic carbocycles. The summed E-state index contributed by atoms with van der Waals surface area (Å²) in [5, 5.41) is 2.81. The van der Waals surface area contributed by atoms with Crippen LogP contribution in [0.15, 0.2) is 6.20 Å². The second kappa shape index (κ2) is 7.09. The molecule has 0 atom stereocenters. The van der Waals surface area contributed by atoms with Gasteiger partial charge >= 0.3 is 0 Å². The highest BCUT2D eigenvalue weighted by Gasteiger charge is 2.13. The highest BCUT2D eigenvalue weighted by Crippen LogP contribution is 2.18. The molecule has 0 bridgehead atoms. The van der Waals surface area contributed by atoms with E-state index in [-0.39, 0.29) is 5.91 Å². The lowest BCUT2D eigenvalue weighted by molar-refractivity contribution is -0.122. The van der Waals surface area contributed by atoms with Gasteiger partial charge in [0, 0.05) is 25.0 Å². The van der Waals surface area contributed by atoms with Crippen LogP contribution in [0.3, 0.4) is 0 Å². The normalized spacial score (nSPS) is 10.8. The first-order valence-corrected chi connectivity index (χ1v) is 6.69. The summed E-state index contributed by atoms with van der Waals surface area (Å²) in [6, 6.07) is 0. The number of nitrogens with zero attached hydrogens (tertiary/aromatic N) is 2. The molecule has 0 saturated heterocycles. The zero-order valence-electron chi connectivity index (χ0n) is 12.3. The first-order valence-electron chi connectivity index (χ1n) is 6.69. The van der Waals surface area contributed by atoms with E-state index in [9.17, 15) is 4.79 Å². The van der Waals surface area contributed by atoms with Gasteiger partial charge in [-0.25, -0.2) is 0 Å². The van der Waals surface area contributed by atoms with Crippen LogP contribution in [0, 0.1) is 13.8 Å². The van der Waals surface area contributed by atoms with E-state index in [4.69, 9.17) is 5.73 Å². The van der Waals surface area contributed by atoms with Crippen LogP contribution >= 0.6 is 0 Å². The Labute approximate surface area is 115 Å². The summed E-state index contributed by atoms with van der Waals surface area (Å²) in [5.41, 5.74) is 9.74. The van der Waals surface area contributed by atoms with Crippen LogP contribution in [-0.4, -0.2) is 35.4 Å². The number of hydrogen-bond acceptors (Lipinski definition) is 4. The maximum atomic E-state index is 11.6. The van der Waals surface area contributed by atoms with Gasteiger partial charge in [0.2, 0.25) is 5.91 Å². The molecule has 5 heteroatoms. The van der Waals surface area contributed by atoms with E-state index >= 15 is 0 Å². The molecule has 0 aliphatic heterocycles. The number of aromatic nitrogens is 1. The number of rotatable bonds is 6. The van der Waals surface area contributed by atoms with Crippen molar-refractivity contribution < 1.29 is 4.79 Å². The van der Waals surface area contributed by atoms with Crippen LogP contribution in [0.4, 0.5) is 5.69 Å². The molecule has 106 valence electrons. The number of anilines is 1. The molecule has 0 unspecified atom stereocenters. The third-order valence-corrected chi connectivity index (χ3v) is 3.24. The Bertz CT molecular complexity index is 445. The Morgan fingerprint density at radius 1 is 1.42 bits per heavy atom. The molecule has 0 fully saturated rings. The minimum absolute atomic E-state index is 0.0436. The Morgan fingerprint density at radius 3 is 2.68 bits per heavy atom. The Morgan fingerprint density at radius 2 is 2.11 bits per heavy atom. The number of likely N-dealkylation sites (N-methyl/N-ethyl adjacent to an activating group) is 2. The topological polar surface area (TPSA) is 71.2 Å². The zero-order valence-corrected chi connectivity index (χ0v) is 12.3. The van der Waals surface area contributed by atoms with Gasteiger partial charge < -0.3 is 11.1 Å². The van der Waals surface area contributed by atoms with E-state index < -0.39 is 0 Å². The fraction of sp³-hybridized carbons (Fsp3) is 0.571. The van der Waals surface area contributed by atoms with E-state index in [2.05, 4.69) is 15.2 Å². The van der Waals surface area contributed by atoms with Crippen molar-refractivity contribution in [1.82, 2.24) is 15.2 Å². The first kappa shape index (κ1) is 15.4. The largest absolute Gasteiger partial charge is 0.398 e. The molecule has 19 heavy (non-hydrogen) atoms. The van der Waals surface area contributed by atoms with Crippen molar-refractivity contribution in [3.05, 3.63) is 23.0 Å². The minimum atomic E-state index is 0.0436. The summed E-state index contributed by atoms with van der Waals surface area (Å²) in [6.07, 6.45) is 1.79. The van der Waals surface area contributed by atoms with Crippen molar-refractivity contribution in [3.63, 3.8) is 0 Å². The number of carbonyl (C=O) groups is 1. The lowest BCUT2D eigenvalue weighted by Crippen LogP contribution is -2.37. The third kappa shape index (κ3) is 4.21. The summed E-state index contributed by atoms with van der Waals surface area (Å²) in [6.45, 7) is 10.4. The van der Waals surface area contributed by atoms with Crippen molar-refractivity contribution >= 4 is 11.6 Å². The minimum Gasteiger partial charge on any atom is -0.398 e. The summed E-state index contributed by atoms with van der Waals surface area (Å²) in [7, 11) is 0. The van der Waals surface area contributed by atoms with Crippen molar-refractivity contribution in [1.29, 1.82) is 0 Å². The van der Waals surface area contributed by atoms with Gasteiger partial charge in [-0.05, 0) is 38.4 Å². The van der Waals surface area contributed by atoms with Crippen LogP contribution in [0.2, 0.25) is 0 Å². The van der Waals surface area contributed by atoms with Gasteiger partial charge in [-0.1, -0.05) is 6.92 Å². The lowest BCUT2D eigenvalue weighted by atomic mass is 10.1. The molecule has 1 amide bonds. The average molecular weight is 264 g/mol. The molecule has 0 radical (unpaired) electrons. The number of nitrogens with one attached hydrogen (secondary N) is 1. The van der Waals surface area contributed by atoms with Gasteiger partial charge in [-0.2, -0.15) is 0 Å². The Balaban J connectivity index is 2.76. The van der Waals surface area contributed by atoms with Crippen LogP contribution in [0.1, 0.15) is 30.7 Å². The predicted octanol–water partition coefficient (Wildman–Crippen LogP) is 1.24. The molecule has 1 aromatic rings. The molecule has 3 N–H and O–H groups in total. The molecular formula is C14H24N4O. The van der Waals surface area contributed by atoms with E-state index in [0.29, 0.717) is 19.6 Å². The van der Waals surface area contributed by atoms with Gasteiger partial charge in [0.1, 0.15) is 0 Å². The van der Waals surface area contributed by atoms with E-state index in [1.54, 1.807) is 6.20 Å². The zero-order chi connectivity index (χ0) is 14.4. The predicted molar refractivity (Wildman–Crippen MR) is 77.8 cm³/mol. The van der Waals surface area contributed by atoms with Gasteiger partial charge in [0.05, 0.1) is 12.2 Å². The summed E-state index contributed by atoms with van der Waals surface area (Å²) >= 11 is 0. The van der Waals surface area contributed by atoms with Gasteiger partial charge in [0.25, 0.3) is 0 Å². The maximum Gasteiger partial charge on any atom is 0.234 e. The molecule has 1 aromatic heterocycles. The van der Waals surface area contributed by atoms with E-state index in [1.165, 1.54) is 0 Å². The number of aryl methyl sites for hydroxylation is 1. The van der Waals surface area contributed by atoms with Crippen LogP contribution in [-0.2, 0) is 11.3 Å². The number of nitrogens with two attached hydrogens (primary N) is 1.